The number of halogens is 1. The maximum atomic E-state index is 12.1. The first-order valence-corrected chi connectivity index (χ1v) is 8.25. The zero-order valence-corrected chi connectivity index (χ0v) is 15.7. The van der Waals surface area contributed by atoms with E-state index < -0.39 is 23.4 Å². The molecule has 0 saturated heterocycles. The number of carbonyl (C=O) groups excluding carboxylic acids is 2. The van der Waals surface area contributed by atoms with Crippen LogP contribution in [0.25, 0.3) is 0 Å². The first-order chi connectivity index (χ1) is 12.7. The summed E-state index contributed by atoms with van der Waals surface area (Å²) in [6.45, 7) is 1.26. The largest absolute Gasteiger partial charge is 0.452 e. The Hall–Kier alpha value is -3.13. The van der Waals surface area contributed by atoms with Gasteiger partial charge < -0.3 is 15.0 Å². The van der Waals surface area contributed by atoms with Crippen molar-refractivity contribution < 1.29 is 19.2 Å². The van der Waals surface area contributed by atoms with Gasteiger partial charge in [0.2, 0.25) is 0 Å². The highest BCUT2D eigenvalue weighted by Gasteiger charge is 2.20. The number of benzene rings is 2. The zero-order valence-electron chi connectivity index (χ0n) is 15.0. The molecular weight excluding hydrogens is 374 g/mol. The quantitative estimate of drug-likeness (QED) is 0.460. The van der Waals surface area contributed by atoms with E-state index in [9.17, 15) is 19.7 Å². The number of nitro groups is 1. The van der Waals surface area contributed by atoms with Crippen LogP contribution in [0.1, 0.15) is 15.9 Å². The molecule has 0 aliphatic carbocycles. The number of anilines is 2. The molecule has 2 aromatic carbocycles. The van der Waals surface area contributed by atoms with Gasteiger partial charge in [0.1, 0.15) is 5.69 Å². The van der Waals surface area contributed by atoms with Crippen LogP contribution < -0.4 is 10.2 Å². The van der Waals surface area contributed by atoms with Crippen molar-refractivity contribution in [2.45, 2.75) is 6.92 Å². The fourth-order valence-electron chi connectivity index (χ4n) is 2.30. The van der Waals surface area contributed by atoms with E-state index in [-0.39, 0.29) is 11.3 Å². The Bertz CT molecular complexity index is 899. The van der Waals surface area contributed by atoms with E-state index in [1.807, 2.05) is 0 Å². The molecule has 0 aliphatic rings. The maximum absolute atomic E-state index is 12.1. The standard InChI is InChI=1S/C18H18ClN3O5/c1-11-4-6-13(19)9-14(11)20-17(23)10-27-18(24)12-5-7-15(21(2)3)16(8-12)22(25)26/h4-9H,10H2,1-3H3,(H,20,23). The molecule has 0 spiro atoms. The third kappa shape index (κ3) is 5.18. The van der Waals surface area contributed by atoms with E-state index in [2.05, 4.69) is 5.32 Å². The molecule has 0 saturated carbocycles. The molecule has 0 atom stereocenters. The zero-order chi connectivity index (χ0) is 20.1. The van der Waals surface area contributed by atoms with Crippen LogP contribution >= 0.6 is 11.6 Å². The minimum absolute atomic E-state index is 0.0148. The van der Waals surface area contributed by atoms with Crippen molar-refractivity contribution in [1.29, 1.82) is 0 Å². The summed E-state index contributed by atoms with van der Waals surface area (Å²) < 4.78 is 4.95. The number of amides is 1. The van der Waals surface area contributed by atoms with Gasteiger partial charge in [-0.2, -0.15) is 0 Å². The molecule has 0 heterocycles. The number of nitrogens with zero attached hydrogens (tertiary/aromatic N) is 2. The second kappa shape index (κ2) is 8.50. The number of aryl methyl sites for hydroxylation is 1. The monoisotopic (exact) mass is 391 g/mol. The SMILES string of the molecule is Cc1ccc(Cl)cc1NC(=O)COC(=O)c1ccc(N(C)C)c([N+](=O)[O-])c1. The third-order valence-electron chi connectivity index (χ3n) is 3.70. The predicted octanol–water partition coefficient (Wildman–Crippen LogP) is 3.42. The molecule has 0 unspecified atom stereocenters. The number of hydrogen-bond donors (Lipinski definition) is 1. The summed E-state index contributed by atoms with van der Waals surface area (Å²) in [6.07, 6.45) is 0. The van der Waals surface area contributed by atoms with Gasteiger partial charge in [0, 0.05) is 30.9 Å². The van der Waals surface area contributed by atoms with Gasteiger partial charge in [0.05, 0.1) is 10.5 Å². The highest BCUT2D eigenvalue weighted by molar-refractivity contribution is 6.31. The minimum Gasteiger partial charge on any atom is -0.452 e. The molecule has 2 aromatic rings. The van der Waals surface area contributed by atoms with Gasteiger partial charge in [0.25, 0.3) is 11.6 Å². The van der Waals surface area contributed by atoms with Crippen molar-refractivity contribution in [3.8, 4) is 0 Å². The summed E-state index contributed by atoms with van der Waals surface area (Å²) in [5.41, 5.74) is 1.42. The Kier molecular flexibility index (Phi) is 6.36. The molecule has 1 N–H and O–H groups in total. The molecule has 0 aromatic heterocycles. The average Bonchev–Trinajstić information content (AvgIpc) is 2.62. The molecule has 0 aliphatic heterocycles. The predicted molar refractivity (Wildman–Crippen MR) is 103 cm³/mol. The third-order valence-corrected chi connectivity index (χ3v) is 3.93. The van der Waals surface area contributed by atoms with Crippen molar-refractivity contribution in [2.75, 3.05) is 30.9 Å². The summed E-state index contributed by atoms with van der Waals surface area (Å²) in [6, 6.07) is 9.00. The molecule has 0 bridgehead atoms. The Balaban J connectivity index is 2.05. The second-order valence-corrected chi connectivity index (χ2v) is 6.38. The van der Waals surface area contributed by atoms with Gasteiger partial charge in [-0.1, -0.05) is 17.7 Å². The fourth-order valence-corrected chi connectivity index (χ4v) is 2.48. The number of rotatable bonds is 6. The molecule has 2 rings (SSSR count). The van der Waals surface area contributed by atoms with E-state index in [0.29, 0.717) is 16.4 Å². The van der Waals surface area contributed by atoms with Crippen molar-refractivity contribution in [1.82, 2.24) is 0 Å². The molecule has 8 nitrogen and oxygen atoms in total. The molecule has 1 amide bonds. The molecule has 0 radical (unpaired) electrons. The van der Waals surface area contributed by atoms with Crippen LogP contribution in [0.3, 0.4) is 0 Å². The summed E-state index contributed by atoms with van der Waals surface area (Å²) in [4.78, 5) is 36.3. The van der Waals surface area contributed by atoms with E-state index in [1.165, 1.54) is 12.1 Å². The van der Waals surface area contributed by atoms with Crippen LogP contribution in [0.4, 0.5) is 17.1 Å². The Morgan fingerprint density at radius 3 is 2.56 bits per heavy atom. The van der Waals surface area contributed by atoms with Crippen molar-refractivity contribution in [2.24, 2.45) is 0 Å². The fraction of sp³-hybridized carbons (Fsp3) is 0.222. The summed E-state index contributed by atoms with van der Waals surface area (Å²) >= 11 is 5.89. The lowest BCUT2D eigenvalue weighted by molar-refractivity contribution is -0.384. The van der Waals surface area contributed by atoms with Gasteiger partial charge >= 0.3 is 5.97 Å². The maximum Gasteiger partial charge on any atom is 0.338 e. The Morgan fingerprint density at radius 1 is 1.22 bits per heavy atom. The van der Waals surface area contributed by atoms with E-state index in [0.717, 1.165) is 11.6 Å². The topological polar surface area (TPSA) is 102 Å². The molecule has 0 fully saturated rings. The van der Waals surface area contributed by atoms with Gasteiger partial charge in [-0.25, -0.2) is 4.79 Å². The van der Waals surface area contributed by atoms with Crippen molar-refractivity contribution in [3.63, 3.8) is 0 Å². The van der Waals surface area contributed by atoms with Gasteiger partial charge in [-0.05, 0) is 36.8 Å². The molecule has 9 heteroatoms. The van der Waals surface area contributed by atoms with Gasteiger partial charge in [-0.15, -0.1) is 0 Å². The van der Waals surface area contributed by atoms with Gasteiger partial charge in [0.15, 0.2) is 6.61 Å². The lowest BCUT2D eigenvalue weighted by Crippen LogP contribution is -2.21. The number of nitrogens with one attached hydrogen (secondary N) is 1. The van der Waals surface area contributed by atoms with Crippen LogP contribution in [0.2, 0.25) is 5.02 Å². The highest BCUT2D eigenvalue weighted by Crippen LogP contribution is 2.28. The minimum atomic E-state index is -0.832. The lowest BCUT2D eigenvalue weighted by atomic mass is 10.1. The molecule has 142 valence electrons. The first kappa shape index (κ1) is 20.2. The average molecular weight is 392 g/mol. The Labute approximate surface area is 160 Å². The van der Waals surface area contributed by atoms with E-state index >= 15 is 0 Å². The number of hydrogen-bond acceptors (Lipinski definition) is 6. The van der Waals surface area contributed by atoms with Crippen LogP contribution in [-0.4, -0.2) is 37.5 Å². The van der Waals surface area contributed by atoms with Crippen LogP contribution in [0.15, 0.2) is 36.4 Å². The Morgan fingerprint density at radius 2 is 1.93 bits per heavy atom. The first-order valence-electron chi connectivity index (χ1n) is 7.88. The van der Waals surface area contributed by atoms with Crippen LogP contribution in [0.5, 0.6) is 0 Å². The van der Waals surface area contributed by atoms with E-state index in [1.54, 1.807) is 44.1 Å². The molecular formula is C18H18ClN3O5. The smallest absolute Gasteiger partial charge is 0.338 e. The summed E-state index contributed by atoms with van der Waals surface area (Å²) in [5, 5.41) is 14.2. The number of esters is 1. The number of carbonyl (C=O) groups is 2. The van der Waals surface area contributed by atoms with Crippen molar-refractivity contribution >= 4 is 40.5 Å². The van der Waals surface area contributed by atoms with Crippen molar-refractivity contribution in [3.05, 3.63) is 62.7 Å². The lowest BCUT2D eigenvalue weighted by Gasteiger charge is -2.13. The van der Waals surface area contributed by atoms with E-state index in [4.69, 9.17) is 16.3 Å². The summed E-state index contributed by atoms with van der Waals surface area (Å²) in [5.74, 6) is -1.38. The highest BCUT2D eigenvalue weighted by atomic mass is 35.5. The van der Waals surface area contributed by atoms with Gasteiger partial charge in [-0.3, -0.25) is 14.9 Å². The number of nitro benzene ring substituents is 1. The van der Waals surface area contributed by atoms with Crippen LogP contribution in [-0.2, 0) is 9.53 Å². The summed E-state index contributed by atoms with van der Waals surface area (Å²) in [7, 11) is 3.31. The normalized spacial score (nSPS) is 10.2. The van der Waals surface area contributed by atoms with Crippen LogP contribution in [0, 0.1) is 17.0 Å². The second-order valence-electron chi connectivity index (χ2n) is 5.94. The number of ether oxygens (including phenoxy) is 1. The molecule has 27 heavy (non-hydrogen) atoms.